The molecule has 0 radical (unpaired) electrons. The van der Waals surface area contributed by atoms with Crippen molar-refractivity contribution in [3.8, 4) is 0 Å². The quantitative estimate of drug-likeness (QED) is 0.798. The van der Waals surface area contributed by atoms with Gasteiger partial charge in [0.05, 0.1) is 11.8 Å². The fraction of sp³-hybridized carbons (Fsp3) is 0.474. The van der Waals surface area contributed by atoms with E-state index in [1.165, 1.54) is 34.4 Å². The van der Waals surface area contributed by atoms with Gasteiger partial charge >= 0.3 is 0 Å². The first kappa shape index (κ1) is 15.0. The van der Waals surface area contributed by atoms with Crippen molar-refractivity contribution in [2.75, 3.05) is 7.05 Å². The van der Waals surface area contributed by atoms with E-state index in [0.717, 1.165) is 6.42 Å². The molecule has 1 aliphatic carbocycles. The summed E-state index contributed by atoms with van der Waals surface area (Å²) in [6.45, 7) is 2.20. The number of carbonyl (C=O) groups excluding carboxylic acids is 2. The van der Waals surface area contributed by atoms with Gasteiger partial charge < -0.3 is 0 Å². The second kappa shape index (κ2) is 6.07. The molecule has 1 saturated heterocycles. The summed E-state index contributed by atoms with van der Waals surface area (Å²) in [7, 11) is 1.60. The first-order valence-electron chi connectivity index (χ1n) is 8.21. The molecule has 22 heavy (non-hydrogen) atoms. The van der Waals surface area contributed by atoms with Crippen LogP contribution in [0, 0.1) is 11.8 Å². The van der Waals surface area contributed by atoms with Crippen molar-refractivity contribution in [2.45, 2.75) is 39.0 Å². The van der Waals surface area contributed by atoms with Crippen LogP contribution >= 0.6 is 0 Å². The van der Waals surface area contributed by atoms with Crippen molar-refractivity contribution in [1.29, 1.82) is 0 Å². The third-order valence-electron chi connectivity index (χ3n) is 4.98. The summed E-state index contributed by atoms with van der Waals surface area (Å²) in [6.07, 6.45) is 7.07. The highest BCUT2D eigenvalue weighted by atomic mass is 16.2. The predicted molar refractivity (Wildman–Crippen MR) is 87.0 cm³/mol. The number of carbonyl (C=O) groups is 2. The lowest BCUT2D eigenvalue weighted by atomic mass is 9.79. The van der Waals surface area contributed by atoms with E-state index in [4.69, 9.17) is 0 Å². The number of fused-ring (bicyclic) bond motifs is 1. The van der Waals surface area contributed by atoms with E-state index in [1.807, 2.05) is 0 Å². The minimum Gasteiger partial charge on any atom is -0.285 e. The Hall–Kier alpha value is -1.90. The smallest absolute Gasteiger partial charge is 0.233 e. The molecule has 2 amide bonds. The maximum absolute atomic E-state index is 12.2. The van der Waals surface area contributed by atoms with Crippen molar-refractivity contribution >= 4 is 17.4 Å². The van der Waals surface area contributed by atoms with Crippen molar-refractivity contribution in [1.82, 2.24) is 4.90 Å². The monoisotopic (exact) mass is 297 g/mol. The first-order chi connectivity index (χ1) is 10.6. The van der Waals surface area contributed by atoms with Crippen LogP contribution in [0.3, 0.4) is 0 Å². The summed E-state index contributed by atoms with van der Waals surface area (Å²) in [5, 5.41) is 0. The van der Waals surface area contributed by atoms with E-state index in [2.05, 4.69) is 37.3 Å². The lowest BCUT2D eigenvalue weighted by Crippen LogP contribution is -2.26. The fourth-order valence-electron chi connectivity index (χ4n) is 3.54. The first-order valence-corrected chi connectivity index (χ1v) is 8.21. The van der Waals surface area contributed by atoms with E-state index in [9.17, 15) is 9.59 Å². The molecule has 0 saturated carbocycles. The van der Waals surface area contributed by atoms with Gasteiger partial charge in [0.2, 0.25) is 11.8 Å². The lowest BCUT2D eigenvalue weighted by molar-refractivity contribution is -0.138. The molecule has 3 nitrogen and oxygen atoms in total. The molecule has 116 valence electrons. The molecule has 2 atom stereocenters. The van der Waals surface area contributed by atoms with Crippen LogP contribution in [0.15, 0.2) is 30.3 Å². The standard InChI is InChI=1S/C19H23NO2/c1-3-4-5-13-6-8-14(9-7-13)15-10-11-16-17(12-15)19(22)20(2)18(16)21/h6-10,16-17H,3-5,11-12H2,1-2H3/t16-,17+/m1/s1. The molecule has 0 spiro atoms. The number of aryl methyl sites for hydroxylation is 1. The van der Waals surface area contributed by atoms with E-state index < -0.39 is 0 Å². The van der Waals surface area contributed by atoms with E-state index in [1.54, 1.807) is 7.05 Å². The molecule has 0 N–H and O–H groups in total. The fourth-order valence-corrected chi connectivity index (χ4v) is 3.54. The predicted octanol–water partition coefficient (Wildman–Crippen LogP) is 3.44. The van der Waals surface area contributed by atoms with Gasteiger partial charge in [0.25, 0.3) is 0 Å². The third-order valence-corrected chi connectivity index (χ3v) is 4.98. The molecule has 1 aliphatic heterocycles. The Morgan fingerprint density at radius 2 is 1.77 bits per heavy atom. The number of likely N-dealkylation sites (tertiary alicyclic amines) is 1. The highest BCUT2D eigenvalue weighted by Crippen LogP contribution is 2.40. The number of amides is 2. The highest BCUT2D eigenvalue weighted by molar-refractivity contribution is 6.06. The van der Waals surface area contributed by atoms with E-state index in [-0.39, 0.29) is 23.7 Å². The van der Waals surface area contributed by atoms with Crippen molar-refractivity contribution < 1.29 is 9.59 Å². The number of unbranched alkanes of at least 4 members (excludes halogenated alkanes) is 1. The molecular formula is C19H23NO2. The number of allylic oxidation sites excluding steroid dienone is 2. The summed E-state index contributed by atoms with van der Waals surface area (Å²) in [5.41, 5.74) is 3.76. The van der Waals surface area contributed by atoms with E-state index in [0.29, 0.717) is 12.8 Å². The number of rotatable bonds is 4. The number of imide groups is 1. The lowest BCUT2D eigenvalue weighted by Gasteiger charge is -2.22. The van der Waals surface area contributed by atoms with Gasteiger partial charge in [0.15, 0.2) is 0 Å². The molecule has 1 aromatic rings. The van der Waals surface area contributed by atoms with Gasteiger partial charge in [0.1, 0.15) is 0 Å². The Balaban J connectivity index is 1.75. The minimum absolute atomic E-state index is 0.0137. The van der Waals surface area contributed by atoms with Gasteiger partial charge in [0, 0.05) is 7.05 Å². The van der Waals surface area contributed by atoms with Crippen LogP contribution in [-0.2, 0) is 16.0 Å². The molecular weight excluding hydrogens is 274 g/mol. The van der Waals surface area contributed by atoms with E-state index >= 15 is 0 Å². The molecule has 1 fully saturated rings. The van der Waals surface area contributed by atoms with Crippen LogP contribution in [0.5, 0.6) is 0 Å². The molecule has 1 aromatic carbocycles. The zero-order chi connectivity index (χ0) is 15.7. The number of nitrogens with zero attached hydrogens (tertiary/aromatic N) is 1. The summed E-state index contributed by atoms with van der Waals surface area (Å²) in [5.74, 6) is -0.317. The van der Waals surface area contributed by atoms with Crippen LogP contribution in [0.4, 0.5) is 0 Å². The summed E-state index contributed by atoms with van der Waals surface area (Å²) >= 11 is 0. The Labute approximate surface area is 132 Å². The molecule has 1 heterocycles. The van der Waals surface area contributed by atoms with Gasteiger partial charge in [-0.15, -0.1) is 0 Å². The third kappa shape index (κ3) is 2.60. The average Bonchev–Trinajstić information content (AvgIpc) is 2.78. The zero-order valence-electron chi connectivity index (χ0n) is 13.3. The summed E-state index contributed by atoms with van der Waals surface area (Å²) in [4.78, 5) is 25.5. The van der Waals surface area contributed by atoms with Crippen LogP contribution in [0.1, 0.15) is 43.7 Å². The highest BCUT2D eigenvalue weighted by Gasteiger charge is 2.46. The van der Waals surface area contributed by atoms with Crippen molar-refractivity contribution in [3.05, 3.63) is 41.5 Å². The minimum atomic E-state index is -0.155. The zero-order valence-corrected chi connectivity index (χ0v) is 13.3. The maximum atomic E-state index is 12.2. The molecule has 0 unspecified atom stereocenters. The summed E-state index contributed by atoms with van der Waals surface area (Å²) in [6, 6.07) is 8.68. The Bertz CT molecular complexity index is 615. The molecule has 3 heteroatoms. The van der Waals surface area contributed by atoms with Crippen LogP contribution in [0.2, 0.25) is 0 Å². The maximum Gasteiger partial charge on any atom is 0.233 e. The number of hydrogen-bond donors (Lipinski definition) is 0. The average molecular weight is 297 g/mol. The van der Waals surface area contributed by atoms with Gasteiger partial charge in [-0.2, -0.15) is 0 Å². The largest absolute Gasteiger partial charge is 0.285 e. The second-order valence-corrected chi connectivity index (χ2v) is 6.42. The Kier molecular flexibility index (Phi) is 4.14. The van der Waals surface area contributed by atoms with Crippen molar-refractivity contribution in [3.63, 3.8) is 0 Å². The van der Waals surface area contributed by atoms with Crippen LogP contribution in [0.25, 0.3) is 5.57 Å². The Morgan fingerprint density at radius 1 is 1.09 bits per heavy atom. The Morgan fingerprint density at radius 3 is 2.45 bits per heavy atom. The second-order valence-electron chi connectivity index (χ2n) is 6.42. The molecule has 2 aliphatic rings. The van der Waals surface area contributed by atoms with Crippen LogP contribution < -0.4 is 0 Å². The number of hydrogen-bond acceptors (Lipinski definition) is 2. The van der Waals surface area contributed by atoms with Gasteiger partial charge in [-0.05, 0) is 42.4 Å². The van der Waals surface area contributed by atoms with Crippen molar-refractivity contribution in [2.24, 2.45) is 11.8 Å². The van der Waals surface area contributed by atoms with Crippen LogP contribution in [-0.4, -0.2) is 23.8 Å². The number of benzene rings is 1. The van der Waals surface area contributed by atoms with Gasteiger partial charge in [-0.3, -0.25) is 14.5 Å². The summed E-state index contributed by atoms with van der Waals surface area (Å²) < 4.78 is 0. The van der Waals surface area contributed by atoms with Gasteiger partial charge in [-0.1, -0.05) is 43.7 Å². The molecule has 3 rings (SSSR count). The molecule has 0 aromatic heterocycles. The van der Waals surface area contributed by atoms with Gasteiger partial charge in [-0.25, -0.2) is 0 Å². The topological polar surface area (TPSA) is 37.4 Å². The molecule has 0 bridgehead atoms. The SMILES string of the molecule is CCCCc1ccc(C2=CC[C@H]3C(=O)N(C)C(=O)[C@H]3C2)cc1. The normalized spacial score (nSPS) is 24.5.